The number of aromatic nitrogens is 1. The molecule has 1 aliphatic heterocycles. The van der Waals surface area contributed by atoms with E-state index in [0.717, 1.165) is 27.1 Å². The monoisotopic (exact) mass is 489 g/mol. The van der Waals surface area contributed by atoms with Crippen molar-refractivity contribution < 1.29 is 13.9 Å². The molecule has 2 aromatic heterocycles. The Labute approximate surface area is 207 Å². The number of nitrogens with zero attached hydrogens (tertiary/aromatic N) is 2. The van der Waals surface area contributed by atoms with Crippen LogP contribution in [0.3, 0.4) is 0 Å². The van der Waals surface area contributed by atoms with Crippen LogP contribution in [0.1, 0.15) is 23.5 Å². The van der Waals surface area contributed by atoms with Gasteiger partial charge in [0.25, 0.3) is 0 Å². The number of rotatable bonds is 7. The summed E-state index contributed by atoms with van der Waals surface area (Å²) in [5.74, 6) is 2.14. The van der Waals surface area contributed by atoms with Crippen molar-refractivity contribution in [2.45, 2.75) is 22.1 Å². The van der Waals surface area contributed by atoms with Gasteiger partial charge in [0.05, 0.1) is 31.6 Å². The highest BCUT2D eigenvalue weighted by atomic mass is 32.2. The van der Waals surface area contributed by atoms with Crippen LogP contribution in [0.2, 0.25) is 0 Å². The number of pyridine rings is 1. The zero-order valence-corrected chi connectivity index (χ0v) is 20.3. The largest absolute Gasteiger partial charge is 0.497 e. The van der Waals surface area contributed by atoms with Gasteiger partial charge in [0.2, 0.25) is 0 Å². The first-order valence-electron chi connectivity index (χ1n) is 10.7. The van der Waals surface area contributed by atoms with Crippen molar-refractivity contribution in [3.05, 3.63) is 96.5 Å². The van der Waals surface area contributed by atoms with Crippen LogP contribution in [0.25, 0.3) is 0 Å². The minimum Gasteiger partial charge on any atom is -0.497 e. The number of hydrogen-bond acceptors (Lipinski definition) is 6. The van der Waals surface area contributed by atoms with Crippen LogP contribution in [0.5, 0.6) is 11.5 Å². The van der Waals surface area contributed by atoms with Crippen LogP contribution in [-0.4, -0.2) is 24.3 Å². The van der Waals surface area contributed by atoms with E-state index in [0.29, 0.717) is 16.6 Å². The number of ether oxygens (including phenoxy) is 2. The van der Waals surface area contributed by atoms with E-state index in [2.05, 4.69) is 22.4 Å². The molecule has 1 saturated heterocycles. The summed E-state index contributed by atoms with van der Waals surface area (Å²) in [5, 5.41) is 4.82. The summed E-state index contributed by atoms with van der Waals surface area (Å²) in [4.78, 5) is 7.74. The van der Waals surface area contributed by atoms with Crippen LogP contribution in [0, 0.1) is 0 Å². The van der Waals surface area contributed by atoms with Crippen LogP contribution in [-0.2, 0) is 0 Å². The van der Waals surface area contributed by atoms with Gasteiger partial charge in [0.1, 0.15) is 23.3 Å². The summed E-state index contributed by atoms with van der Waals surface area (Å²) in [6.45, 7) is 0. The number of anilines is 1. The second kappa shape index (κ2) is 9.79. The van der Waals surface area contributed by atoms with Crippen molar-refractivity contribution in [3.63, 3.8) is 0 Å². The van der Waals surface area contributed by atoms with Gasteiger partial charge in [-0.05, 0) is 60.7 Å². The van der Waals surface area contributed by atoms with Crippen molar-refractivity contribution in [3.8, 4) is 11.5 Å². The number of hydrogen-bond donors (Lipinski definition) is 1. The van der Waals surface area contributed by atoms with Crippen molar-refractivity contribution in [1.29, 1.82) is 0 Å². The highest BCUT2D eigenvalue weighted by Gasteiger charge is 2.43. The molecule has 0 unspecified atom stereocenters. The van der Waals surface area contributed by atoms with Crippen molar-refractivity contribution >= 4 is 34.8 Å². The lowest BCUT2D eigenvalue weighted by Crippen LogP contribution is -2.29. The lowest BCUT2D eigenvalue weighted by atomic mass is 10.0. The lowest BCUT2D eigenvalue weighted by Gasteiger charge is -2.27. The maximum Gasteiger partial charge on any atom is 0.174 e. The Morgan fingerprint density at radius 3 is 2.53 bits per heavy atom. The maximum absolute atomic E-state index is 6.37. The third-order valence-electron chi connectivity index (χ3n) is 5.60. The SMILES string of the molecule is COc1ccc(N2C(=S)N[C@@H](c3ccccn3)[C@@H]2c2ccc(Sc3ccccc3)o2)c(OC)c1. The van der Waals surface area contributed by atoms with Gasteiger partial charge in [-0.1, -0.05) is 36.0 Å². The summed E-state index contributed by atoms with van der Waals surface area (Å²) in [5.41, 5.74) is 1.69. The molecule has 8 heteroatoms. The number of furan rings is 1. The molecule has 5 rings (SSSR count). The topological polar surface area (TPSA) is 59.8 Å². The fraction of sp³-hybridized carbons (Fsp3) is 0.154. The number of benzene rings is 2. The smallest absolute Gasteiger partial charge is 0.174 e. The molecule has 4 aromatic rings. The molecule has 3 heterocycles. The average Bonchev–Trinajstić information content (AvgIpc) is 3.48. The minimum atomic E-state index is -0.269. The Hall–Kier alpha value is -3.49. The maximum atomic E-state index is 6.37. The number of nitrogens with one attached hydrogen (secondary N) is 1. The Balaban J connectivity index is 1.57. The number of methoxy groups -OCH3 is 2. The molecule has 0 spiro atoms. The molecule has 1 N–H and O–H groups in total. The summed E-state index contributed by atoms with van der Waals surface area (Å²) < 4.78 is 17.5. The summed E-state index contributed by atoms with van der Waals surface area (Å²) in [6, 6.07) is 25.2. The quantitative estimate of drug-likeness (QED) is 0.316. The Kier molecular flexibility index (Phi) is 6.42. The first kappa shape index (κ1) is 22.3. The molecule has 1 fully saturated rings. The third-order valence-corrected chi connectivity index (χ3v) is 6.84. The first-order valence-corrected chi connectivity index (χ1v) is 12.0. The molecule has 6 nitrogen and oxygen atoms in total. The van der Waals surface area contributed by atoms with Gasteiger partial charge >= 0.3 is 0 Å². The lowest BCUT2D eigenvalue weighted by molar-refractivity contribution is 0.378. The third kappa shape index (κ3) is 4.34. The normalized spacial score (nSPS) is 17.5. The van der Waals surface area contributed by atoms with E-state index in [-0.39, 0.29) is 12.1 Å². The number of thiocarbonyl (C=S) groups is 1. The average molecular weight is 490 g/mol. The Morgan fingerprint density at radius 1 is 0.971 bits per heavy atom. The minimum absolute atomic E-state index is 0.207. The molecule has 0 radical (unpaired) electrons. The van der Waals surface area contributed by atoms with Crippen molar-refractivity contribution in [2.24, 2.45) is 0 Å². The molecule has 2 atom stereocenters. The summed E-state index contributed by atoms with van der Waals surface area (Å²) in [6.07, 6.45) is 1.78. The fourth-order valence-corrected chi connectivity index (χ4v) is 5.18. The Bertz CT molecular complexity index is 1280. The molecule has 0 saturated carbocycles. The second-order valence-corrected chi connectivity index (χ2v) is 9.07. The van der Waals surface area contributed by atoms with Gasteiger partial charge < -0.3 is 24.1 Å². The molecular weight excluding hydrogens is 466 g/mol. The van der Waals surface area contributed by atoms with Gasteiger partial charge in [-0.25, -0.2) is 0 Å². The van der Waals surface area contributed by atoms with Crippen molar-refractivity contribution in [2.75, 3.05) is 19.1 Å². The van der Waals surface area contributed by atoms with Gasteiger partial charge in [0, 0.05) is 17.2 Å². The van der Waals surface area contributed by atoms with Gasteiger partial charge in [-0.3, -0.25) is 4.98 Å². The van der Waals surface area contributed by atoms with Crippen LogP contribution >= 0.6 is 24.0 Å². The first-order chi connectivity index (χ1) is 16.7. The van der Waals surface area contributed by atoms with E-state index >= 15 is 0 Å². The van der Waals surface area contributed by atoms with Crippen LogP contribution in [0.15, 0.2) is 99.5 Å². The molecule has 0 aliphatic carbocycles. The van der Waals surface area contributed by atoms with E-state index in [1.807, 2.05) is 71.6 Å². The predicted molar refractivity (Wildman–Crippen MR) is 137 cm³/mol. The zero-order chi connectivity index (χ0) is 23.5. The molecule has 2 aromatic carbocycles. The fourth-order valence-electron chi connectivity index (χ4n) is 4.04. The molecular formula is C26H23N3O3S2. The van der Waals surface area contributed by atoms with Gasteiger partial charge in [-0.2, -0.15) is 0 Å². The van der Waals surface area contributed by atoms with E-state index < -0.39 is 0 Å². The van der Waals surface area contributed by atoms with E-state index in [1.54, 1.807) is 32.2 Å². The highest BCUT2D eigenvalue weighted by Crippen LogP contribution is 2.46. The zero-order valence-electron chi connectivity index (χ0n) is 18.7. The molecule has 1 aliphatic rings. The van der Waals surface area contributed by atoms with E-state index in [4.69, 9.17) is 26.1 Å². The summed E-state index contributed by atoms with van der Waals surface area (Å²) in [7, 11) is 3.27. The predicted octanol–water partition coefficient (Wildman–Crippen LogP) is 6.02. The standard InChI is InChI=1S/C26H23N3O3S2/c1-30-17-11-12-20(22(16-17)31-2)29-25(24(28-26(29)33)19-10-6-7-15-27-19)21-13-14-23(32-21)34-18-8-4-3-5-9-18/h3-16,24-25H,1-2H3,(H,28,33)/t24-,25-/m0/s1. The molecule has 34 heavy (non-hydrogen) atoms. The summed E-state index contributed by atoms with van der Waals surface area (Å²) >= 11 is 7.39. The van der Waals surface area contributed by atoms with Crippen LogP contribution in [0.4, 0.5) is 5.69 Å². The van der Waals surface area contributed by atoms with Crippen molar-refractivity contribution in [1.82, 2.24) is 10.3 Å². The van der Waals surface area contributed by atoms with Crippen LogP contribution < -0.4 is 19.7 Å². The van der Waals surface area contributed by atoms with E-state index in [1.165, 1.54) is 0 Å². The van der Waals surface area contributed by atoms with E-state index in [9.17, 15) is 0 Å². The van der Waals surface area contributed by atoms with Gasteiger partial charge in [0.15, 0.2) is 10.2 Å². The molecule has 0 amide bonds. The molecule has 0 bridgehead atoms. The van der Waals surface area contributed by atoms with Gasteiger partial charge in [-0.15, -0.1) is 0 Å². The Morgan fingerprint density at radius 2 is 1.79 bits per heavy atom. The highest BCUT2D eigenvalue weighted by molar-refractivity contribution is 7.99. The second-order valence-electron chi connectivity index (χ2n) is 7.61. The molecule has 172 valence electrons.